The van der Waals surface area contributed by atoms with Gasteiger partial charge in [-0.25, -0.2) is 9.78 Å². The van der Waals surface area contributed by atoms with Gasteiger partial charge in [-0.2, -0.15) is 0 Å². The summed E-state index contributed by atoms with van der Waals surface area (Å²) in [6.45, 7) is 1.98. The Balaban J connectivity index is 0.000000224. The minimum absolute atomic E-state index is 0. The summed E-state index contributed by atoms with van der Waals surface area (Å²) in [5, 5.41) is 8.37. The number of nitrogens with zero attached hydrogens (tertiary/aromatic N) is 4. The van der Waals surface area contributed by atoms with Gasteiger partial charge in [0.25, 0.3) is 0 Å². The number of carboxylic acids is 1. The van der Waals surface area contributed by atoms with Crippen molar-refractivity contribution < 1.29 is 30.0 Å². The normalized spacial score (nSPS) is 9.85. The van der Waals surface area contributed by atoms with E-state index in [-0.39, 0.29) is 25.9 Å². The van der Waals surface area contributed by atoms with Gasteiger partial charge in [0.2, 0.25) is 5.82 Å². The van der Waals surface area contributed by atoms with E-state index in [9.17, 15) is 4.79 Å². The van der Waals surface area contributed by atoms with Gasteiger partial charge in [-0.05, 0) is 19.1 Å². The molecule has 4 rings (SSSR count). The topological polar surface area (TPSA) is 80.9 Å². The molecule has 0 amide bonds. The van der Waals surface area contributed by atoms with Gasteiger partial charge in [0.15, 0.2) is 0 Å². The quantitative estimate of drug-likeness (QED) is 0.396. The minimum Gasteiger partial charge on any atom is -0.475 e. The van der Waals surface area contributed by atoms with Crippen LogP contribution in [0.3, 0.4) is 0 Å². The largest absolute Gasteiger partial charge is 0.475 e. The smallest absolute Gasteiger partial charge is 0.372 e. The van der Waals surface area contributed by atoms with E-state index in [1.54, 1.807) is 13.2 Å². The van der Waals surface area contributed by atoms with Crippen LogP contribution >= 0.6 is 0 Å². The maximum atomic E-state index is 10.2. The molecule has 2 heterocycles. The fourth-order valence-electron chi connectivity index (χ4n) is 2.46. The second-order valence-electron chi connectivity index (χ2n) is 5.59. The Labute approximate surface area is 170 Å². The van der Waals surface area contributed by atoms with Gasteiger partial charge < -0.3 is 9.67 Å². The van der Waals surface area contributed by atoms with E-state index in [0.717, 1.165) is 28.0 Å². The number of rotatable bonds is 2. The SMILES string of the molecule is Cc1nc2ccccc2nc1-c1[c-]cccc1.Cn1ccnc1C(=O)O.[Ir]. The number of aryl methyl sites for hydroxylation is 2. The Hall–Kier alpha value is -2.89. The second kappa shape index (κ2) is 9.16. The second-order valence-corrected chi connectivity index (χ2v) is 5.59. The standard InChI is InChI=1S/C15H11N2.C5H6N2O2.Ir/c1-11-15(12-7-3-2-4-8-12)17-14-10-6-5-9-13(14)16-11;1-7-3-2-6-4(7)5(8)9;/h2-7,9-10H,1H3;2-3H,1H3,(H,8,9);/q-1;;. The molecule has 4 aromatic rings. The van der Waals surface area contributed by atoms with Crippen molar-refractivity contribution in [2.24, 2.45) is 7.05 Å². The average Bonchev–Trinajstić information content (AvgIpc) is 3.09. The van der Waals surface area contributed by atoms with Crippen LogP contribution < -0.4 is 0 Å². The monoisotopic (exact) mass is 538 g/mol. The number of hydrogen-bond donors (Lipinski definition) is 1. The molecule has 0 atom stereocenters. The van der Waals surface area contributed by atoms with Crippen molar-refractivity contribution >= 4 is 17.0 Å². The van der Waals surface area contributed by atoms with E-state index in [4.69, 9.17) is 5.11 Å². The maximum Gasteiger partial charge on any atom is 0.372 e. The van der Waals surface area contributed by atoms with Crippen LogP contribution in [0.4, 0.5) is 0 Å². The predicted octanol–water partition coefficient (Wildman–Crippen LogP) is 3.52. The number of fused-ring (bicyclic) bond motifs is 1. The van der Waals surface area contributed by atoms with E-state index in [1.807, 2.05) is 55.5 Å². The van der Waals surface area contributed by atoms with Crippen LogP contribution in [-0.4, -0.2) is 30.6 Å². The maximum absolute atomic E-state index is 10.2. The molecule has 0 aliphatic heterocycles. The van der Waals surface area contributed by atoms with Crippen molar-refractivity contribution in [3.05, 3.63) is 78.5 Å². The summed E-state index contributed by atoms with van der Waals surface area (Å²) in [5.74, 6) is -0.933. The molecule has 0 saturated heterocycles. The number of carboxylic acid groups (broad SMARTS) is 1. The summed E-state index contributed by atoms with van der Waals surface area (Å²) in [7, 11) is 1.64. The number of aromatic carboxylic acids is 1. The van der Waals surface area contributed by atoms with Crippen molar-refractivity contribution in [1.29, 1.82) is 0 Å². The molecule has 27 heavy (non-hydrogen) atoms. The van der Waals surface area contributed by atoms with Gasteiger partial charge in [-0.1, -0.05) is 12.1 Å². The molecule has 0 bridgehead atoms. The molecule has 2 aromatic carbocycles. The Morgan fingerprint density at radius 3 is 2.26 bits per heavy atom. The first-order valence-corrected chi connectivity index (χ1v) is 7.97. The summed E-state index contributed by atoms with van der Waals surface area (Å²) < 4.78 is 1.45. The van der Waals surface area contributed by atoms with Crippen LogP contribution in [0.2, 0.25) is 0 Å². The van der Waals surface area contributed by atoms with Crippen LogP contribution in [0.15, 0.2) is 60.9 Å². The van der Waals surface area contributed by atoms with Gasteiger partial charge in [-0.15, -0.1) is 35.9 Å². The summed E-state index contributed by atoms with van der Waals surface area (Å²) in [6.07, 6.45) is 3.03. The first-order chi connectivity index (χ1) is 12.6. The molecule has 0 aliphatic carbocycles. The van der Waals surface area contributed by atoms with E-state index < -0.39 is 5.97 Å². The summed E-state index contributed by atoms with van der Waals surface area (Å²) in [6, 6.07) is 18.9. The Kier molecular flexibility index (Phi) is 6.93. The summed E-state index contributed by atoms with van der Waals surface area (Å²) >= 11 is 0. The van der Waals surface area contributed by atoms with Crippen LogP contribution in [0.5, 0.6) is 0 Å². The van der Waals surface area contributed by atoms with Crippen molar-refractivity contribution in [3.8, 4) is 11.3 Å². The zero-order valence-corrected chi connectivity index (χ0v) is 17.1. The third kappa shape index (κ3) is 4.84. The van der Waals surface area contributed by atoms with Crippen molar-refractivity contribution in [2.45, 2.75) is 6.92 Å². The molecule has 1 radical (unpaired) electrons. The molecule has 0 aliphatic rings. The summed E-state index contributed by atoms with van der Waals surface area (Å²) in [4.78, 5) is 23.0. The molecule has 139 valence electrons. The van der Waals surface area contributed by atoms with E-state index in [0.29, 0.717) is 0 Å². The van der Waals surface area contributed by atoms with Gasteiger partial charge >= 0.3 is 5.97 Å². The van der Waals surface area contributed by atoms with Crippen LogP contribution in [0.1, 0.15) is 16.3 Å². The van der Waals surface area contributed by atoms with Crippen molar-refractivity contribution in [1.82, 2.24) is 19.5 Å². The number of aromatic nitrogens is 4. The van der Waals surface area contributed by atoms with Crippen LogP contribution in [0.25, 0.3) is 22.3 Å². The Morgan fingerprint density at radius 2 is 1.74 bits per heavy atom. The Morgan fingerprint density at radius 1 is 1.07 bits per heavy atom. The van der Waals surface area contributed by atoms with E-state index in [1.165, 1.54) is 10.8 Å². The number of carbonyl (C=O) groups is 1. The third-order valence-electron chi connectivity index (χ3n) is 3.72. The van der Waals surface area contributed by atoms with Crippen molar-refractivity contribution in [2.75, 3.05) is 0 Å². The number of para-hydroxylation sites is 2. The van der Waals surface area contributed by atoms with E-state index in [2.05, 4.69) is 21.0 Å². The predicted molar refractivity (Wildman–Crippen MR) is 98.7 cm³/mol. The first kappa shape index (κ1) is 20.4. The van der Waals surface area contributed by atoms with E-state index >= 15 is 0 Å². The molecule has 0 fully saturated rings. The number of imidazole rings is 1. The molecular weight excluding hydrogens is 520 g/mol. The van der Waals surface area contributed by atoms with Crippen molar-refractivity contribution in [3.63, 3.8) is 0 Å². The summed E-state index contributed by atoms with van der Waals surface area (Å²) in [5.41, 5.74) is 4.69. The molecule has 0 unspecified atom stereocenters. The molecule has 0 spiro atoms. The fourth-order valence-corrected chi connectivity index (χ4v) is 2.46. The zero-order chi connectivity index (χ0) is 18.5. The van der Waals surface area contributed by atoms with Gasteiger partial charge in [0, 0.05) is 50.9 Å². The average molecular weight is 538 g/mol. The fraction of sp³-hybridized carbons (Fsp3) is 0.100. The van der Waals surface area contributed by atoms with Gasteiger partial charge in [-0.3, -0.25) is 9.97 Å². The zero-order valence-electron chi connectivity index (χ0n) is 14.8. The Bertz CT molecular complexity index is 1050. The van der Waals surface area contributed by atoms with Gasteiger partial charge in [0.1, 0.15) is 0 Å². The molecule has 2 aromatic heterocycles. The molecular formula is C20H17IrN4O2-. The molecule has 1 N–H and O–H groups in total. The molecule has 6 nitrogen and oxygen atoms in total. The third-order valence-corrected chi connectivity index (χ3v) is 3.72. The number of benzene rings is 2. The molecule has 7 heteroatoms. The molecule has 0 saturated carbocycles. The first-order valence-electron chi connectivity index (χ1n) is 7.97. The van der Waals surface area contributed by atoms with Gasteiger partial charge in [0.05, 0.1) is 11.0 Å². The minimum atomic E-state index is -0.998. The van der Waals surface area contributed by atoms with Crippen LogP contribution in [-0.2, 0) is 27.2 Å². The van der Waals surface area contributed by atoms with Crippen LogP contribution in [0, 0.1) is 13.0 Å². The number of hydrogen-bond acceptors (Lipinski definition) is 4.